The molecule has 0 aliphatic heterocycles. The van der Waals surface area contributed by atoms with Crippen LogP contribution in [0.4, 0.5) is 4.39 Å². The maximum atomic E-state index is 15.0. The molecule has 2 heterocycles. The molecule has 0 spiro atoms. The van der Waals surface area contributed by atoms with Crippen LogP contribution in [-0.2, 0) is 16.2 Å². The standard InChI is InChI=1S/C27H36FN3O5Si/c1-16-23(27(32)34-4)25-26(31(16)15-35-10-11-37(5,6)7)24(29-17(2)30-25)19-12-20(28)22(33-3)13-21(19)36-14-18-8-9-18/h12-13,18H,8-11,14-15H2,1-7H3. The molecule has 2 aromatic heterocycles. The number of methoxy groups -OCH3 is 2. The fourth-order valence-corrected chi connectivity index (χ4v) is 4.94. The number of carbonyl (C=O) groups is 1. The quantitative estimate of drug-likeness (QED) is 0.178. The molecule has 0 radical (unpaired) electrons. The second-order valence-electron chi connectivity index (χ2n) is 10.8. The number of hydrogen-bond acceptors (Lipinski definition) is 7. The summed E-state index contributed by atoms with van der Waals surface area (Å²) in [4.78, 5) is 22.2. The zero-order valence-electron chi connectivity index (χ0n) is 22.7. The second-order valence-corrected chi connectivity index (χ2v) is 16.4. The lowest BCUT2D eigenvalue weighted by atomic mass is 10.1. The summed E-state index contributed by atoms with van der Waals surface area (Å²) in [5, 5.41) is 0. The van der Waals surface area contributed by atoms with Crippen molar-refractivity contribution in [2.45, 2.75) is 59.1 Å². The van der Waals surface area contributed by atoms with E-state index in [0.717, 1.165) is 18.9 Å². The molecule has 0 N–H and O–H groups in total. The summed E-state index contributed by atoms with van der Waals surface area (Å²) in [6.07, 6.45) is 2.23. The van der Waals surface area contributed by atoms with Crippen molar-refractivity contribution in [1.29, 1.82) is 0 Å². The summed E-state index contributed by atoms with van der Waals surface area (Å²) in [6, 6.07) is 3.93. The van der Waals surface area contributed by atoms with Gasteiger partial charge in [0.1, 0.15) is 35.1 Å². The molecular weight excluding hydrogens is 493 g/mol. The fraction of sp³-hybridized carbons (Fsp3) is 0.519. The summed E-state index contributed by atoms with van der Waals surface area (Å²) in [5.74, 6) is 0.456. The molecule has 200 valence electrons. The number of fused-ring (bicyclic) bond motifs is 1. The number of halogens is 1. The van der Waals surface area contributed by atoms with Crippen LogP contribution < -0.4 is 9.47 Å². The normalized spacial score (nSPS) is 13.7. The van der Waals surface area contributed by atoms with Crippen LogP contribution in [-0.4, -0.2) is 56.0 Å². The number of ether oxygens (including phenoxy) is 4. The number of carbonyl (C=O) groups excluding carboxylic acids is 1. The van der Waals surface area contributed by atoms with Crippen LogP contribution in [0, 0.1) is 25.6 Å². The Hall–Kier alpha value is -2.98. The van der Waals surface area contributed by atoms with E-state index in [1.54, 1.807) is 13.0 Å². The molecule has 0 saturated heterocycles. The highest BCUT2D eigenvalue weighted by Crippen LogP contribution is 2.41. The van der Waals surface area contributed by atoms with Crippen molar-refractivity contribution in [1.82, 2.24) is 14.5 Å². The third-order valence-corrected chi connectivity index (χ3v) is 8.26. The van der Waals surface area contributed by atoms with Gasteiger partial charge >= 0.3 is 5.97 Å². The Bertz CT molecular complexity index is 1310. The number of benzene rings is 1. The first-order chi connectivity index (χ1) is 17.5. The largest absolute Gasteiger partial charge is 0.494 e. The molecule has 1 aromatic carbocycles. The van der Waals surface area contributed by atoms with E-state index in [1.807, 2.05) is 11.5 Å². The highest BCUT2D eigenvalue weighted by atomic mass is 28.3. The van der Waals surface area contributed by atoms with E-state index in [2.05, 4.69) is 24.6 Å². The van der Waals surface area contributed by atoms with Crippen molar-refractivity contribution in [2.75, 3.05) is 27.4 Å². The molecule has 10 heteroatoms. The summed E-state index contributed by atoms with van der Waals surface area (Å²) in [7, 11) is 1.47. The van der Waals surface area contributed by atoms with Crippen LogP contribution >= 0.6 is 0 Å². The number of aryl methyl sites for hydroxylation is 1. The van der Waals surface area contributed by atoms with E-state index < -0.39 is 19.9 Å². The van der Waals surface area contributed by atoms with Crippen molar-refractivity contribution in [3.05, 3.63) is 35.0 Å². The molecule has 3 aromatic rings. The highest BCUT2D eigenvalue weighted by Gasteiger charge is 2.29. The molecule has 0 atom stereocenters. The van der Waals surface area contributed by atoms with Crippen LogP contribution in [0.2, 0.25) is 25.7 Å². The van der Waals surface area contributed by atoms with Crippen LogP contribution in [0.5, 0.6) is 11.5 Å². The topological polar surface area (TPSA) is 84.7 Å². The van der Waals surface area contributed by atoms with Gasteiger partial charge in [0.15, 0.2) is 11.6 Å². The Kier molecular flexibility index (Phi) is 7.89. The average Bonchev–Trinajstić information content (AvgIpc) is 3.62. The van der Waals surface area contributed by atoms with E-state index in [4.69, 9.17) is 23.9 Å². The first-order valence-corrected chi connectivity index (χ1v) is 16.3. The summed E-state index contributed by atoms with van der Waals surface area (Å²) < 4.78 is 39.4. The van der Waals surface area contributed by atoms with Gasteiger partial charge in [0.25, 0.3) is 0 Å². The zero-order chi connectivity index (χ0) is 26.9. The van der Waals surface area contributed by atoms with Gasteiger partial charge in [-0.1, -0.05) is 19.6 Å². The Morgan fingerprint density at radius 3 is 2.49 bits per heavy atom. The van der Waals surface area contributed by atoms with Gasteiger partial charge in [0.2, 0.25) is 0 Å². The van der Waals surface area contributed by atoms with Gasteiger partial charge in [0, 0.05) is 32.0 Å². The highest BCUT2D eigenvalue weighted by molar-refractivity contribution is 6.76. The van der Waals surface area contributed by atoms with Crippen molar-refractivity contribution >= 4 is 25.1 Å². The van der Waals surface area contributed by atoms with Crippen molar-refractivity contribution in [2.24, 2.45) is 5.92 Å². The van der Waals surface area contributed by atoms with Crippen molar-refractivity contribution in [3.63, 3.8) is 0 Å². The Morgan fingerprint density at radius 1 is 1.14 bits per heavy atom. The Morgan fingerprint density at radius 2 is 1.86 bits per heavy atom. The lowest BCUT2D eigenvalue weighted by molar-refractivity contribution is 0.0599. The maximum absolute atomic E-state index is 15.0. The monoisotopic (exact) mass is 529 g/mol. The van der Waals surface area contributed by atoms with Crippen molar-refractivity contribution < 1.29 is 28.1 Å². The molecule has 1 aliphatic rings. The van der Waals surface area contributed by atoms with Gasteiger partial charge in [-0.25, -0.2) is 19.2 Å². The molecule has 1 aliphatic carbocycles. The van der Waals surface area contributed by atoms with Crippen LogP contribution in [0.15, 0.2) is 12.1 Å². The van der Waals surface area contributed by atoms with E-state index in [1.165, 1.54) is 20.3 Å². The summed E-state index contributed by atoms with van der Waals surface area (Å²) in [5.41, 5.74) is 2.91. The molecule has 1 saturated carbocycles. The first-order valence-electron chi connectivity index (χ1n) is 12.6. The minimum Gasteiger partial charge on any atom is -0.494 e. The minimum absolute atomic E-state index is 0.0908. The molecule has 37 heavy (non-hydrogen) atoms. The fourth-order valence-electron chi connectivity index (χ4n) is 4.19. The lowest BCUT2D eigenvalue weighted by Gasteiger charge is -2.18. The van der Waals surface area contributed by atoms with Gasteiger partial charge in [-0.15, -0.1) is 0 Å². The minimum atomic E-state index is -1.29. The van der Waals surface area contributed by atoms with E-state index in [0.29, 0.717) is 64.3 Å². The predicted molar refractivity (Wildman–Crippen MR) is 143 cm³/mol. The van der Waals surface area contributed by atoms with Gasteiger partial charge in [0.05, 0.1) is 26.3 Å². The molecule has 0 unspecified atom stereocenters. The zero-order valence-corrected chi connectivity index (χ0v) is 23.7. The Balaban J connectivity index is 1.90. The summed E-state index contributed by atoms with van der Waals surface area (Å²) in [6.45, 7) is 11.8. The molecular formula is C27H36FN3O5Si. The van der Waals surface area contributed by atoms with Crippen molar-refractivity contribution in [3.8, 4) is 22.8 Å². The van der Waals surface area contributed by atoms with E-state index in [9.17, 15) is 4.79 Å². The van der Waals surface area contributed by atoms with Gasteiger partial charge in [-0.3, -0.25) is 0 Å². The summed E-state index contributed by atoms with van der Waals surface area (Å²) >= 11 is 0. The van der Waals surface area contributed by atoms with Crippen LogP contribution in [0.3, 0.4) is 0 Å². The third-order valence-electron chi connectivity index (χ3n) is 6.56. The molecule has 8 nitrogen and oxygen atoms in total. The molecule has 1 fully saturated rings. The SMILES string of the molecule is COC(=O)c1c(C)n(COCC[Si](C)(C)C)c2c(-c3cc(F)c(OC)cc3OCC3CC3)nc(C)nc12. The van der Waals surface area contributed by atoms with Gasteiger partial charge in [-0.2, -0.15) is 0 Å². The average molecular weight is 530 g/mol. The Labute approximate surface area is 218 Å². The van der Waals surface area contributed by atoms with Crippen LogP contribution in [0.25, 0.3) is 22.3 Å². The number of hydrogen-bond donors (Lipinski definition) is 0. The molecule has 0 bridgehead atoms. The molecule has 0 amide bonds. The van der Waals surface area contributed by atoms with E-state index in [-0.39, 0.29) is 12.5 Å². The van der Waals surface area contributed by atoms with Gasteiger partial charge < -0.3 is 23.5 Å². The maximum Gasteiger partial charge on any atom is 0.341 e. The predicted octanol–water partition coefficient (Wildman–Crippen LogP) is 5.75. The smallest absolute Gasteiger partial charge is 0.341 e. The number of rotatable bonds is 11. The van der Waals surface area contributed by atoms with Crippen LogP contribution in [0.1, 0.15) is 34.7 Å². The third kappa shape index (κ3) is 5.96. The first kappa shape index (κ1) is 27.1. The van der Waals surface area contributed by atoms with E-state index >= 15 is 4.39 Å². The number of esters is 1. The second kappa shape index (κ2) is 10.8. The molecule has 4 rings (SSSR count). The number of nitrogens with zero attached hydrogens (tertiary/aromatic N) is 3. The lowest BCUT2D eigenvalue weighted by Crippen LogP contribution is -2.22. The van der Waals surface area contributed by atoms with Gasteiger partial charge in [-0.05, 0) is 44.7 Å². The number of aromatic nitrogens is 3.